The summed E-state index contributed by atoms with van der Waals surface area (Å²) < 4.78 is 37.9. The predicted molar refractivity (Wildman–Crippen MR) is 62.8 cm³/mol. The highest BCUT2D eigenvalue weighted by Gasteiger charge is 2.41. The van der Waals surface area contributed by atoms with E-state index in [0.29, 0.717) is 13.0 Å². The summed E-state index contributed by atoms with van der Waals surface area (Å²) in [5.74, 6) is -1.81. The molecule has 0 aromatic heterocycles. The van der Waals surface area contributed by atoms with E-state index >= 15 is 0 Å². The first-order chi connectivity index (χ1) is 8.15. The molecule has 1 rings (SSSR count). The Bertz CT molecular complexity index is 302. The summed E-state index contributed by atoms with van der Waals surface area (Å²) in [5, 5.41) is 0. The van der Waals surface area contributed by atoms with Crippen LogP contribution in [0.25, 0.3) is 0 Å². The Labute approximate surface area is 106 Å². The Morgan fingerprint density at radius 2 is 2.00 bits per heavy atom. The minimum absolute atomic E-state index is 0.0147. The zero-order valence-corrected chi connectivity index (χ0v) is 10.9. The standard InChI is InChI=1S/C12H21F3N2O/c1-11(2)4-3-10(18)17(6-5-11)8-9(7-16)12(13,14)15/h9H,3-8,16H2,1-2H3. The van der Waals surface area contributed by atoms with Gasteiger partial charge in [-0.2, -0.15) is 13.2 Å². The molecule has 0 spiro atoms. The van der Waals surface area contributed by atoms with Gasteiger partial charge in [0.15, 0.2) is 0 Å². The van der Waals surface area contributed by atoms with Crippen LogP contribution in [0, 0.1) is 11.3 Å². The molecule has 1 amide bonds. The van der Waals surface area contributed by atoms with Crippen LogP contribution in [-0.2, 0) is 4.79 Å². The van der Waals surface area contributed by atoms with Crippen LogP contribution in [0.2, 0.25) is 0 Å². The van der Waals surface area contributed by atoms with Crippen molar-refractivity contribution >= 4 is 5.91 Å². The van der Waals surface area contributed by atoms with E-state index in [0.717, 1.165) is 12.8 Å². The molecule has 1 fully saturated rings. The van der Waals surface area contributed by atoms with Gasteiger partial charge < -0.3 is 10.6 Å². The Morgan fingerprint density at radius 1 is 1.39 bits per heavy atom. The zero-order valence-electron chi connectivity index (χ0n) is 10.9. The van der Waals surface area contributed by atoms with E-state index in [1.165, 1.54) is 4.90 Å². The quantitative estimate of drug-likeness (QED) is 0.851. The van der Waals surface area contributed by atoms with Crippen LogP contribution < -0.4 is 5.73 Å². The number of hydrogen-bond donors (Lipinski definition) is 1. The summed E-state index contributed by atoms with van der Waals surface area (Å²) >= 11 is 0. The van der Waals surface area contributed by atoms with Crippen LogP contribution in [0.1, 0.15) is 33.1 Å². The van der Waals surface area contributed by atoms with E-state index < -0.39 is 18.6 Å². The number of rotatable bonds is 3. The molecule has 0 bridgehead atoms. The Hall–Kier alpha value is -0.780. The number of carbonyl (C=O) groups excluding carboxylic acids is 1. The molecule has 6 heteroatoms. The fraction of sp³-hybridized carbons (Fsp3) is 0.917. The number of carbonyl (C=O) groups is 1. The number of alkyl halides is 3. The minimum atomic E-state index is -4.34. The molecule has 106 valence electrons. The van der Waals surface area contributed by atoms with Gasteiger partial charge in [0, 0.05) is 26.1 Å². The second-order valence-electron chi connectivity index (χ2n) is 5.73. The fourth-order valence-corrected chi connectivity index (χ4v) is 2.06. The Kier molecular flexibility index (Phi) is 4.64. The van der Waals surface area contributed by atoms with Crippen molar-refractivity contribution in [3.63, 3.8) is 0 Å². The SMILES string of the molecule is CC1(C)CCC(=O)N(CC(CN)C(F)(F)F)CC1. The van der Waals surface area contributed by atoms with Crippen molar-refractivity contribution in [3.8, 4) is 0 Å². The first-order valence-corrected chi connectivity index (χ1v) is 6.20. The van der Waals surface area contributed by atoms with Crippen molar-refractivity contribution in [1.82, 2.24) is 4.90 Å². The van der Waals surface area contributed by atoms with Crippen molar-refractivity contribution < 1.29 is 18.0 Å². The summed E-state index contributed by atoms with van der Waals surface area (Å²) in [6, 6.07) is 0. The van der Waals surface area contributed by atoms with Crippen LogP contribution in [0.15, 0.2) is 0 Å². The van der Waals surface area contributed by atoms with Crippen molar-refractivity contribution in [2.45, 2.75) is 39.3 Å². The maximum Gasteiger partial charge on any atom is 0.394 e. The summed E-state index contributed by atoms with van der Waals surface area (Å²) in [5.41, 5.74) is 5.17. The van der Waals surface area contributed by atoms with Gasteiger partial charge in [0.25, 0.3) is 0 Å². The highest BCUT2D eigenvalue weighted by molar-refractivity contribution is 5.76. The maximum atomic E-state index is 12.6. The van der Waals surface area contributed by atoms with E-state index in [4.69, 9.17) is 5.73 Å². The Morgan fingerprint density at radius 3 is 2.50 bits per heavy atom. The average Bonchev–Trinajstić information content (AvgIpc) is 2.35. The minimum Gasteiger partial charge on any atom is -0.342 e. The average molecular weight is 266 g/mol. The summed E-state index contributed by atoms with van der Waals surface area (Å²) in [7, 11) is 0. The second-order valence-corrected chi connectivity index (χ2v) is 5.73. The molecule has 3 nitrogen and oxygen atoms in total. The maximum absolute atomic E-state index is 12.6. The predicted octanol–water partition coefficient (Wildman–Crippen LogP) is 2.16. The molecule has 0 radical (unpaired) electrons. The molecular formula is C12H21F3N2O. The van der Waals surface area contributed by atoms with Gasteiger partial charge in [-0.25, -0.2) is 0 Å². The van der Waals surface area contributed by atoms with Gasteiger partial charge in [0.1, 0.15) is 0 Å². The lowest BCUT2D eigenvalue weighted by Gasteiger charge is -2.28. The molecular weight excluding hydrogens is 245 g/mol. The van der Waals surface area contributed by atoms with Crippen LogP contribution in [0.5, 0.6) is 0 Å². The number of amides is 1. The van der Waals surface area contributed by atoms with Crippen LogP contribution in [-0.4, -0.2) is 36.6 Å². The largest absolute Gasteiger partial charge is 0.394 e. The van der Waals surface area contributed by atoms with Crippen LogP contribution in [0.4, 0.5) is 13.2 Å². The van der Waals surface area contributed by atoms with E-state index in [1.54, 1.807) is 0 Å². The first-order valence-electron chi connectivity index (χ1n) is 6.20. The van der Waals surface area contributed by atoms with Gasteiger partial charge >= 0.3 is 6.18 Å². The molecule has 0 aromatic carbocycles. The molecule has 0 saturated carbocycles. The molecule has 18 heavy (non-hydrogen) atoms. The molecule has 0 aliphatic carbocycles. The molecule has 1 unspecified atom stereocenters. The molecule has 1 aliphatic rings. The number of likely N-dealkylation sites (tertiary alicyclic amines) is 1. The highest BCUT2D eigenvalue weighted by atomic mass is 19.4. The van der Waals surface area contributed by atoms with Crippen molar-refractivity contribution in [1.29, 1.82) is 0 Å². The molecule has 0 aromatic rings. The number of nitrogens with zero attached hydrogens (tertiary/aromatic N) is 1. The van der Waals surface area contributed by atoms with Gasteiger partial charge in [0.05, 0.1) is 5.92 Å². The number of halogens is 3. The lowest BCUT2D eigenvalue weighted by atomic mass is 9.85. The van der Waals surface area contributed by atoms with Crippen molar-refractivity contribution in [3.05, 3.63) is 0 Å². The van der Waals surface area contributed by atoms with Crippen LogP contribution in [0.3, 0.4) is 0 Å². The smallest absolute Gasteiger partial charge is 0.342 e. The van der Waals surface area contributed by atoms with Gasteiger partial charge in [-0.3, -0.25) is 4.79 Å². The molecule has 2 N–H and O–H groups in total. The van der Waals surface area contributed by atoms with E-state index in [9.17, 15) is 18.0 Å². The third-order valence-electron chi connectivity index (χ3n) is 3.62. The highest BCUT2D eigenvalue weighted by Crippen LogP contribution is 2.32. The first kappa shape index (κ1) is 15.3. The summed E-state index contributed by atoms with van der Waals surface area (Å²) in [4.78, 5) is 13.1. The molecule has 1 heterocycles. The van der Waals surface area contributed by atoms with Crippen molar-refractivity contribution in [2.24, 2.45) is 17.1 Å². The third kappa shape index (κ3) is 4.15. The third-order valence-corrected chi connectivity index (χ3v) is 3.62. The van der Waals surface area contributed by atoms with Gasteiger partial charge in [-0.1, -0.05) is 13.8 Å². The number of nitrogens with two attached hydrogens (primary N) is 1. The van der Waals surface area contributed by atoms with E-state index in [1.807, 2.05) is 13.8 Å². The summed E-state index contributed by atoms with van der Waals surface area (Å²) in [6.45, 7) is 3.67. The molecule has 1 saturated heterocycles. The molecule has 1 aliphatic heterocycles. The van der Waals surface area contributed by atoms with E-state index in [2.05, 4.69) is 0 Å². The topological polar surface area (TPSA) is 46.3 Å². The molecule has 1 atom stereocenters. The second kappa shape index (κ2) is 5.47. The Balaban J connectivity index is 2.68. The van der Waals surface area contributed by atoms with Gasteiger partial charge in [-0.05, 0) is 18.3 Å². The normalized spacial score (nSPS) is 22.8. The monoisotopic (exact) mass is 266 g/mol. The van der Waals surface area contributed by atoms with Gasteiger partial charge in [-0.15, -0.1) is 0 Å². The lowest BCUT2D eigenvalue weighted by molar-refractivity contribution is -0.177. The summed E-state index contributed by atoms with van der Waals surface area (Å²) in [6.07, 6.45) is -2.56. The van der Waals surface area contributed by atoms with Crippen molar-refractivity contribution in [2.75, 3.05) is 19.6 Å². The lowest BCUT2D eigenvalue weighted by Crippen LogP contribution is -2.43. The number of hydrogen-bond acceptors (Lipinski definition) is 2. The van der Waals surface area contributed by atoms with Crippen LogP contribution >= 0.6 is 0 Å². The fourth-order valence-electron chi connectivity index (χ4n) is 2.06. The van der Waals surface area contributed by atoms with Gasteiger partial charge in [0.2, 0.25) is 5.91 Å². The van der Waals surface area contributed by atoms with E-state index in [-0.39, 0.29) is 17.9 Å². The zero-order chi connectivity index (χ0) is 14.0.